The van der Waals surface area contributed by atoms with Gasteiger partial charge in [0, 0.05) is 18.5 Å². The van der Waals surface area contributed by atoms with Crippen LogP contribution in [0.3, 0.4) is 0 Å². The zero-order valence-electron chi connectivity index (χ0n) is 12.6. The van der Waals surface area contributed by atoms with Crippen molar-refractivity contribution in [3.8, 4) is 5.75 Å². The summed E-state index contributed by atoms with van der Waals surface area (Å²) in [6.07, 6.45) is 0.836. The first-order valence-corrected chi connectivity index (χ1v) is 7.06. The number of methoxy groups -OCH3 is 1. The highest BCUT2D eigenvalue weighted by atomic mass is 16.5. The van der Waals surface area contributed by atoms with Crippen LogP contribution in [0.2, 0.25) is 0 Å². The van der Waals surface area contributed by atoms with Gasteiger partial charge in [0.1, 0.15) is 17.4 Å². The summed E-state index contributed by atoms with van der Waals surface area (Å²) in [4.78, 5) is 18.7. The number of benzene rings is 1. The first-order chi connectivity index (χ1) is 10.1. The molecule has 0 saturated heterocycles. The predicted octanol–water partition coefficient (Wildman–Crippen LogP) is 2.56. The molecule has 0 unspecified atom stereocenters. The van der Waals surface area contributed by atoms with Crippen LogP contribution >= 0.6 is 0 Å². The van der Waals surface area contributed by atoms with Crippen LogP contribution < -0.4 is 15.6 Å². The van der Waals surface area contributed by atoms with Crippen molar-refractivity contribution in [3.05, 3.63) is 52.1 Å². The van der Waals surface area contributed by atoms with E-state index in [4.69, 9.17) is 4.74 Å². The van der Waals surface area contributed by atoms with E-state index in [-0.39, 0.29) is 11.5 Å². The van der Waals surface area contributed by atoms with Crippen molar-refractivity contribution < 1.29 is 4.74 Å². The molecule has 2 N–H and O–H groups in total. The third kappa shape index (κ3) is 4.34. The highest BCUT2D eigenvalue weighted by molar-refractivity contribution is 5.34. The zero-order valence-corrected chi connectivity index (χ0v) is 12.6. The van der Waals surface area contributed by atoms with Crippen LogP contribution in [0.4, 0.5) is 5.82 Å². The van der Waals surface area contributed by atoms with Crippen LogP contribution in [0.1, 0.15) is 31.2 Å². The topological polar surface area (TPSA) is 67.0 Å². The maximum Gasteiger partial charge on any atom is 0.252 e. The fraction of sp³-hybridized carbons (Fsp3) is 0.375. The van der Waals surface area contributed by atoms with E-state index in [0.29, 0.717) is 18.2 Å². The summed E-state index contributed by atoms with van der Waals surface area (Å²) in [7, 11) is 1.66. The number of aromatic nitrogens is 2. The smallest absolute Gasteiger partial charge is 0.252 e. The van der Waals surface area contributed by atoms with Crippen molar-refractivity contribution in [2.24, 2.45) is 0 Å². The number of ether oxygens (including phenoxy) is 1. The Balaban J connectivity index is 1.98. The molecule has 0 aliphatic heterocycles. The van der Waals surface area contributed by atoms with Crippen molar-refractivity contribution in [2.45, 2.75) is 26.2 Å². The van der Waals surface area contributed by atoms with Crippen molar-refractivity contribution >= 4 is 5.82 Å². The molecule has 5 heteroatoms. The van der Waals surface area contributed by atoms with Crippen LogP contribution in [0.5, 0.6) is 5.75 Å². The van der Waals surface area contributed by atoms with E-state index >= 15 is 0 Å². The van der Waals surface area contributed by atoms with Gasteiger partial charge < -0.3 is 15.0 Å². The summed E-state index contributed by atoms with van der Waals surface area (Å²) in [6.45, 7) is 4.71. The molecule has 2 rings (SSSR count). The van der Waals surface area contributed by atoms with Gasteiger partial charge in [-0.25, -0.2) is 4.98 Å². The van der Waals surface area contributed by atoms with E-state index in [0.717, 1.165) is 12.2 Å². The Bertz CT molecular complexity index is 650. The fourth-order valence-electron chi connectivity index (χ4n) is 2.00. The molecule has 0 aliphatic carbocycles. The number of anilines is 1. The average Bonchev–Trinajstić information content (AvgIpc) is 2.47. The Morgan fingerprint density at radius 3 is 2.86 bits per heavy atom. The lowest BCUT2D eigenvalue weighted by molar-refractivity contribution is 0.414. The lowest BCUT2D eigenvalue weighted by atomic mass is 10.1. The predicted molar refractivity (Wildman–Crippen MR) is 84.1 cm³/mol. The lowest BCUT2D eigenvalue weighted by Crippen LogP contribution is -2.15. The summed E-state index contributed by atoms with van der Waals surface area (Å²) < 4.78 is 5.20. The number of nitrogens with zero attached hydrogens (tertiary/aromatic N) is 1. The van der Waals surface area contributed by atoms with Gasteiger partial charge in [-0.05, 0) is 24.1 Å². The number of nitrogens with one attached hydrogen (secondary N) is 2. The van der Waals surface area contributed by atoms with Crippen LogP contribution in [0.25, 0.3) is 0 Å². The number of aromatic amines is 1. The molecule has 0 atom stereocenters. The van der Waals surface area contributed by atoms with Crippen LogP contribution in [-0.2, 0) is 6.42 Å². The number of hydrogen-bond acceptors (Lipinski definition) is 4. The summed E-state index contributed by atoms with van der Waals surface area (Å²) in [6, 6.07) is 9.43. The van der Waals surface area contributed by atoms with Crippen molar-refractivity contribution in [2.75, 3.05) is 19.0 Å². The first kappa shape index (κ1) is 15.1. The Kier molecular flexibility index (Phi) is 4.98. The molecule has 0 radical (unpaired) electrons. The Labute approximate surface area is 124 Å². The van der Waals surface area contributed by atoms with Crippen LogP contribution in [0, 0.1) is 0 Å². The monoisotopic (exact) mass is 287 g/mol. The van der Waals surface area contributed by atoms with Gasteiger partial charge in [0.05, 0.1) is 7.11 Å². The molecule has 21 heavy (non-hydrogen) atoms. The minimum atomic E-state index is -0.127. The summed E-state index contributed by atoms with van der Waals surface area (Å²) in [5.41, 5.74) is 1.05. The molecule has 0 spiro atoms. The minimum absolute atomic E-state index is 0.127. The molecule has 112 valence electrons. The van der Waals surface area contributed by atoms with E-state index < -0.39 is 0 Å². The molecular formula is C16H21N3O2. The summed E-state index contributed by atoms with van der Waals surface area (Å²) in [5, 5.41) is 3.19. The Hall–Kier alpha value is -2.30. The van der Waals surface area contributed by atoms with Crippen molar-refractivity contribution in [1.82, 2.24) is 9.97 Å². The van der Waals surface area contributed by atoms with Gasteiger partial charge in [0.2, 0.25) is 0 Å². The third-order valence-corrected chi connectivity index (χ3v) is 3.16. The molecule has 0 amide bonds. The number of rotatable bonds is 6. The van der Waals surface area contributed by atoms with Crippen LogP contribution in [0.15, 0.2) is 35.1 Å². The van der Waals surface area contributed by atoms with E-state index in [2.05, 4.69) is 21.4 Å². The van der Waals surface area contributed by atoms with Crippen molar-refractivity contribution in [1.29, 1.82) is 0 Å². The molecule has 1 aromatic heterocycles. The molecule has 2 aromatic rings. The largest absolute Gasteiger partial charge is 0.497 e. The van der Waals surface area contributed by atoms with Gasteiger partial charge in [-0.3, -0.25) is 4.79 Å². The second-order valence-electron chi connectivity index (χ2n) is 5.20. The van der Waals surface area contributed by atoms with Gasteiger partial charge in [0.25, 0.3) is 5.56 Å². The molecule has 1 heterocycles. The van der Waals surface area contributed by atoms with Gasteiger partial charge in [-0.2, -0.15) is 0 Å². The molecule has 0 aliphatic rings. The Morgan fingerprint density at radius 1 is 1.33 bits per heavy atom. The molecule has 0 saturated carbocycles. The number of H-pyrrole nitrogens is 1. The first-order valence-electron chi connectivity index (χ1n) is 7.06. The quantitative estimate of drug-likeness (QED) is 0.857. The second-order valence-corrected chi connectivity index (χ2v) is 5.20. The lowest BCUT2D eigenvalue weighted by Gasteiger charge is -2.09. The number of hydrogen-bond donors (Lipinski definition) is 2. The molecule has 0 bridgehead atoms. The third-order valence-electron chi connectivity index (χ3n) is 3.16. The molecular weight excluding hydrogens is 266 g/mol. The van der Waals surface area contributed by atoms with E-state index in [1.807, 2.05) is 32.0 Å². The van der Waals surface area contributed by atoms with Gasteiger partial charge in [0.15, 0.2) is 0 Å². The summed E-state index contributed by atoms with van der Waals surface area (Å²) in [5.74, 6) is 2.36. The second kappa shape index (κ2) is 6.92. The van der Waals surface area contributed by atoms with E-state index in [1.54, 1.807) is 7.11 Å². The zero-order chi connectivity index (χ0) is 15.2. The average molecular weight is 287 g/mol. The summed E-state index contributed by atoms with van der Waals surface area (Å²) >= 11 is 0. The van der Waals surface area contributed by atoms with Gasteiger partial charge >= 0.3 is 0 Å². The molecule has 1 aromatic carbocycles. The highest BCUT2D eigenvalue weighted by Crippen LogP contribution is 2.13. The molecule has 5 nitrogen and oxygen atoms in total. The maximum atomic E-state index is 11.6. The normalized spacial score (nSPS) is 10.7. The molecule has 0 fully saturated rings. The van der Waals surface area contributed by atoms with Gasteiger partial charge in [-0.15, -0.1) is 0 Å². The van der Waals surface area contributed by atoms with Gasteiger partial charge in [-0.1, -0.05) is 26.0 Å². The highest BCUT2D eigenvalue weighted by Gasteiger charge is 2.05. The van der Waals surface area contributed by atoms with E-state index in [9.17, 15) is 4.79 Å². The maximum absolute atomic E-state index is 11.6. The fourth-order valence-corrected chi connectivity index (χ4v) is 2.00. The minimum Gasteiger partial charge on any atom is -0.497 e. The van der Waals surface area contributed by atoms with Crippen molar-refractivity contribution in [3.63, 3.8) is 0 Å². The SMILES string of the molecule is COc1cccc(CCNc2cc(=O)[nH]c(C(C)C)n2)c1. The standard InChI is InChI=1S/C16H21N3O2/c1-11(2)16-18-14(10-15(20)19-16)17-8-7-12-5-4-6-13(9-12)21-3/h4-6,9-11H,7-8H2,1-3H3,(H2,17,18,19,20). The van der Waals surface area contributed by atoms with E-state index in [1.165, 1.54) is 11.6 Å². The van der Waals surface area contributed by atoms with Crippen LogP contribution in [-0.4, -0.2) is 23.6 Å². The Morgan fingerprint density at radius 2 is 2.14 bits per heavy atom.